The summed E-state index contributed by atoms with van der Waals surface area (Å²) in [5.74, 6) is -0.121. The van der Waals surface area contributed by atoms with Gasteiger partial charge < -0.3 is 10.2 Å². The zero-order valence-corrected chi connectivity index (χ0v) is 15.9. The molecule has 0 radical (unpaired) electrons. The minimum absolute atomic E-state index is 0.00863. The van der Waals surface area contributed by atoms with Crippen molar-refractivity contribution in [2.75, 3.05) is 13.6 Å². The molecular formula is C22H28N2O2. The summed E-state index contributed by atoms with van der Waals surface area (Å²) in [4.78, 5) is 27.1. The van der Waals surface area contributed by atoms with E-state index in [0.29, 0.717) is 19.4 Å². The molecule has 0 fully saturated rings. The molecule has 2 rings (SSSR count). The molecule has 138 valence electrons. The predicted molar refractivity (Wildman–Crippen MR) is 105 cm³/mol. The van der Waals surface area contributed by atoms with Crippen molar-refractivity contribution in [1.29, 1.82) is 0 Å². The Morgan fingerprint density at radius 2 is 1.69 bits per heavy atom. The Bertz CT molecular complexity index is 728. The molecule has 26 heavy (non-hydrogen) atoms. The van der Waals surface area contributed by atoms with Crippen LogP contribution in [-0.2, 0) is 22.4 Å². The molecule has 0 aliphatic carbocycles. The van der Waals surface area contributed by atoms with Crippen LogP contribution in [0.2, 0.25) is 0 Å². The fourth-order valence-electron chi connectivity index (χ4n) is 3.14. The Morgan fingerprint density at radius 1 is 1.04 bits per heavy atom. The second kappa shape index (κ2) is 9.76. The van der Waals surface area contributed by atoms with Gasteiger partial charge in [-0.05, 0) is 36.5 Å². The molecule has 1 atom stereocenters. The quantitative estimate of drug-likeness (QED) is 0.793. The van der Waals surface area contributed by atoms with E-state index in [-0.39, 0.29) is 11.8 Å². The van der Waals surface area contributed by atoms with Gasteiger partial charge in [-0.3, -0.25) is 9.59 Å². The maximum absolute atomic E-state index is 13.1. The first kappa shape index (κ1) is 19.7. The van der Waals surface area contributed by atoms with Crippen molar-refractivity contribution in [2.45, 2.75) is 39.2 Å². The van der Waals surface area contributed by atoms with Crippen molar-refractivity contribution < 1.29 is 9.59 Å². The van der Waals surface area contributed by atoms with E-state index in [0.717, 1.165) is 23.1 Å². The Morgan fingerprint density at radius 3 is 2.31 bits per heavy atom. The molecule has 1 N–H and O–H groups in total. The molecular weight excluding hydrogens is 324 g/mol. The van der Waals surface area contributed by atoms with E-state index in [2.05, 4.69) is 5.32 Å². The number of nitrogens with one attached hydrogen (secondary N) is 1. The Hall–Kier alpha value is -2.62. The number of aryl methyl sites for hydroxylation is 1. The lowest BCUT2D eigenvalue weighted by molar-refractivity contribution is -0.140. The molecule has 0 aromatic heterocycles. The number of hydrogen-bond donors (Lipinski definition) is 1. The average Bonchev–Trinajstić information content (AvgIpc) is 2.67. The lowest BCUT2D eigenvalue weighted by Crippen LogP contribution is -2.49. The van der Waals surface area contributed by atoms with Gasteiger partial charge in [0.2, 0.25) is 11.8 Å². The summed E-state index contributed by atoms with van der Waals surface area (Å²) in [5.41, 5.74) is 3.26. The summed E-state index contributed by atoms with van der Waals surface area (Å²) < 4.78 is 0. The van der Waals surface area contributed by atoms with Gasteiger partial charge in [0.1, 0.15) is 6.04 Å². The normalized spacial score (nSPS) is 11.7. The van der Waals surface area contributed by atoms with Crippen molar-refractivity contribution in [2.24, 2.45) is 0 Å². The smallest absolute Gasteiger partial charge is 0.242 e. The van der Waals surface area contributed by atoms with Crippen LogP contribution in [0.1, 0.15) is 30.0 Å². The SMILES string of the molecule is CCC(C(=O)NC)N(CCc1ccccc1)C(=O)Cc1ccccc1C. The topological polar surface area (TPSA) is 49.4 Å². The van der Waals surface area contributed by atoms with E-state index in [1.165, 1.54) is 0 Å². The fourth-order valence-corrected chi connectivity index (χ4v) is 3.14. The van der Waals surface area contributed by atoms with Crippen molar-refractivity contribution in [3.05, 3.63) is 71.3 Å². The van der Waals surface area contributed by atoms with Crippen molar-refractivity contribution >= 4 is 11.8 Å². The predicted octanol–water partition coefficient (Wildman–Crippen LogP) is 3.13. The first-order valence-corrected chi connectivity index (χ1v) is 9.16. The van der Waals surface area contributed by atoms with Gasteiger partial charge in [-0.2, -0.15) is 0 Å². The third kappa shape index (κ3) is 5.19. The monoisotopic (exact) mass is 352 g/mol. The van der Waals surface area contributed by atoms with E-state index in [4.69, 9.17) is 0 Å². The molecule has 0 spiro atoms. The zero-order chi connectivity index (χ0) is 18.9. The van der Waals surface area contributed by atoms with Crippen LogP contribution >= 0.6 is 0 Å². The Kier molecular flexibility index (Phi) is 7.39. The van der Waals surface area contributed by atoms with Crippen LogP contribution in [0, 0.1) is 6.92 Å². The number of carbonyl (C=O) groups excluding carboxylic acids is 2. The van der Waals surface area contributed by atoms with Crippen molar-refractivity contribution in [1.82, 2.24) is 10.2 Å². The maximum atomic E-state index is 13.1. The number of amides is 2. The van der Waals surface area contributed by atoms with Gasteiger partial charge in [0.15, 0.2) is 0 Å². The third-order valence-electron chi connectivity index (χ3n) is 4.72. The van der Waals surface area contributed by atoms with Gasteiger partial charge in [-0.15, -0.1) is 0 Å². The number of hydrogen-bond acceptors (Lipinski definition) is 2. The highest BCUT2D eigenvalue weighted by atomic mass is 16.2. The Labute approximate surface area is 156 Å². The van der Waals surface area contributed by atoms with Crippen LogP contribution in [0.4, 0.5) is 0 Å². The molecule has 0 bridgehead atoms. The second-order valence-corrected chi connectivity index (χ2v) is 6.46. The average molecular weight is 352 g/mol. The van der Waals surface area contributed by atoms with E-state index < -0.39 is 6.04 Å². The Balaban J connectivity index is 2.19. The second-order valence-electron chi connectivity index (χ2n) is 6.46. The van der Waals surface area contributed by atoms with Crippen molar-refractivity contribution in [3.63, 3.8) is 0 Å². The van der Waals surface area contributed by atoms with Gasteiger partial charge in [-0.1, -0.05) is 61.5 Å². The largest absolute Gasteiger partial charge is 0.357 e. The lowest BCUT2D eigenvalue weighted by atomic mass is 10.0. The van der Waals surface area contributed by atoms with Gasteiger partial charge >= 0.3 is 0 Å². The van der Waals surface area contributed by atoms with E-state index in [1.807, 2.05) is 68.4 Å². The molecule has 0 saturated heterocycles. The molecule has 4 nitrogen and oxygen atoms in total. The highest BCUT2D eigenvalue weighted by Gasteiger charge is 2.27. The molecule has 0 saturated carbocycles. The minimum Gasteiger partial charge on any atom is -0.357 e. The van der Waals surface area contributed by atoms with Gasteiger partial charge in [-0.25, -0.2) is 0 Å². The third-order valence-corrected chi connectivity index (χ3v) is 4.72. The van der Waals surface area contributed by atoms with Crippen LogP contribution in [0.3, 0.4) is 0 Å². The van der Waals surface area contributed by atoms with E-state index in [9.17, 15) is 9.59 Å². The number of likely N-dealkylation sites (N-methyl/N-ethyl adjacent to an activating group) is 1. The summed E-state index contributed by atoms with van der Waals surface area (Å²) in [6.45, 7) is 4.48. The molecule has 0 aliphatic rings. The molecule has 4 heteroatoms. The number of nitrogens with zero attached hydrogens (tertiary/aromatic N) is 1. The van der Waals surface area contributed by atoms with Crippen LogP contribution in [0.25, 0.3) is 0 Å². The summed E-state index contributed by atoms with van der Waals surface area (Å²) in [6.07, 6.45) is 1.64. The van der Waals surface area contributed by atoms with Crippen LogP contribution < -0.4 is 5.32 Å². The first-order valence-electron chi connectivity index (χ1n) is 9.16. The number of rotatable bonds is 8. The van der Waals surface area contributed by atoms with Gasteiger partial charge in [0.25, 0.3) is 0 Å². The number of benzene rings is 2. The molecule has 0 aliphatic heterocycles. The lowest BCUT2D eigenvalue weighted by Gasteiger charge is -2.30. The summed E-state index contributed by atoms with van der Waals surface area (Å²) in [7, 11) is 1.62. The zero-order valence-electron chi connectivity index (χ0n) is 15.9. The highest BCUT2D eigenvalue weighted by Crippen LogP contribution is 2.14. The molecule has 2 amide bonds. The van der Waals surface area contributed by atoms with Gasteiger partial charge in [0.05, 0.1) is 6.42 Å². The van der Waals surface area contributed by atoms with Crippen molar-refractivity contribution in [3.8, 4) is 0 Å². The van der Waals surface area contributed by atoms with Crippen LogP contribution in [0.15, 0.2) is 54.6 Å². The minimum atomic E-state index is -0.444. The molecule has 1 unspecified atom stereocenters. The summed E-state index contributed by atoms with van der Waals surface area (Å²) in [6, 6.07) is 17.5. The van der Waals surface area contributed by atoms with E-state index in [1.54, 1.807) is 11.9 Å². The fraction of sp³-hybridized carbons (Fsp3) is 0.364. The number of carbonyl (C=O) groups is 2. The molecule has 2 aromatic carbocycles. The van der Waals surface area contributed by atoms with Crippen LogP contribution in [0.5, 0.6) is 0 Å². The highest BCUT2D eigenvalue weighted by molar-refractivity contribution is 5.88. The molecule has 0 heterocycles. The van der Waals surface area contributed by atoms with Gasteiger partial charge in [0, 0.05) is 13.6 Å². The van der Waals surface area contributed by atoms with Crippen LogP contribution in [-0.4, -0.2) is 36.3 Å². The summed E-state index contributed by atoms with van der Waals surface area (Å²) in [5, 5.41) is 2.69. The maximum Gasteiger partial charge on any atom is 0.242 e. The molecule has 2 aromatic rings. The summed E-state index contributed by atoms with van der Waals surface area (Å²) >= 11 is 0. The van der Waals surface area contributed by atoms with E-state index >= 15 is 0 Å². The first-order chi connectivity index (χ1) is 12.6. The standard InChI is InChI=1S/C22H28N2O2/c1-4-20(22(26)23-3)24(15-14-18-11-6-5-7-12-18)21(25)16-19-13-9-8-10-17(19)2/h5-13,20H,4,14-16H2,1-3H3,(H,23,26).